The van der Waals surface area contributed by atoms with Crippen molar-refractivity contribution in [2.24, 2.45) is 0 Å². The molecule has 0 fully saturated rings. The zero-order valence-corrected chi connectivity index (χ0v) is 12.8. The maximum atomic E-state index is 11.9. The van der Waals surface area contributed by atoms with Gasteiger partial charge < -0.3 is 10.6 Å². The summed E-state index contributed by atoms with van der Waals surface area (Å²) in [5.41, 5.74) is 2.22. The maximum Gasteiger partial charge on any atom is 0.249 e. The third-order valence-electron chi connectivity index (χ3n) is 3.19. The van der Waals surface area contributed by atoms with E-state index in [1.165, 1.54) is 6.26 Å². The first-order valence-electron chi connectivity index (χ1n) is 6.56. The lowest BCUT2D eigenvalue weighted by atomic mass is 10.1. The summed E-state index contributed by atoms with van der Waals surface area (Å²) in [7, 11) is -3.21. The largest absolute Gasteiger partial charge is 0.367 e. The van der Waals surface area contributed by atoms with Crippen LogP contribution in [-0.4, -0.2) is 20.6 Å². The SMILES string of the molecule is Cc1cc(CNC(=O)C2=CNC=CC2)ccc1S(C)(=O)=O. The van der Waals surface area contributed by atoms with Gasteiger partial charge in [-0.3, -0.25) is 4.79 Å². The predicted molar refractivity (Wildman–Crippen MR) is 81.1 cm³/mol. The molecule has 1 aromatic carbocycles. The van der Waals surface area contributed by atoms with E-state index >= 15 is 0 Å². The highest BCUT2D eigenvalue weighted by Gasteiger charge is 2.12. The lowest BCUT2D eigenvalue weighted by molar-refractivity contribution is -0.117. The Balaban J connectivity index is 2.03. The zero-order valence-electron chi connectivity index (χ0n) is 12.0. The van der Waals surface area contributed by atoms with Crippen LogP contribution in [0.2, 0.25) is 0 Å². The molecule has 0 saturated carbocycles. The Morgan fingerprint density at radius 3 is 2.71 bits per heavy atom. The molecule has 0 aromatic heterocycles. The lowest BCUT2D eigenvalue weighted by Gasteiger charge is -2.11. The van der Waals surface area contributed by atoms with Gasteiger partial charge in [-0.25, -0.2) is 8.42 Å². The van der Waals surface area contributed by atoms with E-state index in [0.717, 1.165) is 5.56 Å². The van der Waals surface area contributed by atoms with E-state index in [1.54, 1.807) is 37.5 Å². The Bertz CT molecular complexity index is 718. The number of hydrogen-bond donors (Lipinski definition) is 2. The van der Waals surface area contributed by atoms with E-state index < -0.39 is 9.84 Å². The van der Waals surface area contributed by atoms with Crippen molar-refractivity contribution in [3.05, 3.63) is 53.4 Å². The minimum Gasteiger partial charge on any atom is -0.367 e. The molecule has 0 unspecified atom stereocenters. The van der Waals surface area contributed by atoms with Crippen molar-refractivity contribution in [1.82, 2.24) is 10.6 Å². The van der Waals surface area contributed by atoms with Gasteiger partial charge in [0.15, 0.2) is 9.84 Å². The highest BCUT2D eigenvalue weighted by atomic mass is 32.2. The highest BCUT2D eigenvalue weighted by molar-refractivity contribution is 7.90. The van der Waals surface area contributed by atoms with Crippen molar-refractivity contribution in [3.63, 3.8) is 0 Å². The summed E-state index contributed by atoms with van der Waals surface area (Å²) in [6.07, 6.45) is 7.12. The van der Waals surface area contributed by atoms with Crippen LogP contribution in [-0.2, 0) is 21.2 Å². The van der Waals surface area contributed by atoms with Crippen molar-refractivity contribution in [1.29, 1.82) is 0 Å². The van der Waals surface area contributed by atoms with Crippen molar-refractivity contribution in [2.45, 2.75) is 24.8 Å². The summed E-state index contributed by atoms with van der Waals surface area (Å²) in [5, 5.41) is 5.70. The van der Waals surface area contributed by atoms with Gasteiger partial charge in [0.1, 0.15) is 0 Å². The number of rotatable bonds is 4. The Kier molecular flexibility index (Phi) is 4.47. The summed E-state index contributed by atoms with van der Waals surface area (Å²) in [6.45, 7) is 2.12. The summed E-state index contributed by atoms with van der Waals surface area (Å²) < 4.78 is 23.1. The third kappa shape index (κ3) is 3.95. The molecule has 112 valence electrons. The summed E-state index contributed by atoms with van der Waals surface area (Å²) in [5.74, 6) is -0.128. The molecule has 2 rings (SSSR count). The minimum atomic E-state index is -3.21. The van der Waals surface area contributed by atoms with Crippen molar-refractivity contribution in [3.8, 4) is 0 Å². The number of dihydropyridines is 1. The molecule has 2 N–H and O–H groups in total. The Hall–Kier alpha value is -2.08. The zero-order chi connectivity index (χ0) is 15.5. The summed E-state index contributed by atoms with van der Waals surface area (Å²) >= 11 is 0. The fourth-order valence-corrected chi connectivity index (χ4v) is 3.11. The highest BCUT2D eigenvalue weighted by Crippen LogP contribution is 2.16. The summed E-state index contributed by atoms with van der Waals surface area (Å²) in [6, 6.07) is 5.08. The van der Waals surface area contributed by atoms with Gasteiger partial charge in [0.05, 0.1) is 4.90 Å². The molecular formula is C15H18N2O3S. The monoisotopic (exact) mass is 306 g/mol. The normalized spacial score (nSPS) is 14.3. The van der Waals surface area contributed by atoms with Gasteiger partial charge in [0.25, 0.3) is 0 Å². The number of amides is 1. The van der Waals surface area contributed by atoms with Crippen LogP contribution in [0.1, 0.15) is 17.5 Å². The van der Waals surface area contributed by atoms with Crippen LogP contribution in [0.4, 0.5) is 0 Å². The fraction of sp³-hybridized carbons (Fsp3) is 0.267. The second-order valence-corrected chi connectivity index (χ2v) is 6.98. The molecule has 21 heavy (non-hydrogen) atoms. The molecule has 1 aromatic rings. The van der Waals surface area contributed by atoms with E-state index in [4.69, 9.17) is 0 Å². The Labute approximate surface area is 124 Å². The molecule has 0 spiro atoms. The van der Waals surface area contributed by atoms with Crippen LogP contribution in [0, 0.1) is 6.92 Å². The van der Waals surface area contributed by atoms with E-state index in [-0.39, 0.29) is 5.91 Å². The molecule has 0 aliphatic carbocycles. The Morgan fingerprint density at radius 1 is 1.38 bits per heavy atom. The van der Waals surface area contributed by atoms with Crippen LogP contribution in [0.5, 0.6) is 0 Å². The van der Waals surface area contributed by atoms with Crippen molar-refractivity contribution >= 4 is 15.7 Å². The number of benzene rings is 1. The number of hydrogen-bond acceptors (Lipinski definition) is 4. The molecule has 0 atom stereocenters. The fourth-order valence-electron chi connectivity index (χ4n) is 2.15. The average molecular weight is 306 g/mol. The molecule has 0 saturated heterocycles. The van der Waals surface area contributed by atoms with Crippen molar-refractivity contribution in [2.75, 3.05) is 6.26 Å². The van der Waals surface area contributed by atoms with Gasteiger partial charge >= 0.3 is 0 Å². The molecule has 1 heterocycles. The van der Waals surface area contributed by atoms with Crippen LogP contribution in [0.3, 0.4) is 0 Å². The van der Waals surface area contributed by atoms with Gasteiger partial charge in [0.2, 0.25) is 5.91 Å². The number of carbonyl (C=O) groups is 1. The van der Waals surface area contributed by atoms with Crippen LogP contribution in [0.25, 0.3) is 0 Å². The van der Waals surface area contributed by atoms with Crippen LogP contribution < -0.4 is 10.6 Å². The van der Waals surface area contributed by atoms with Gasteiger partial charge in [-0.1, -0.05) is 18.2 Å². The van der Waals surface area contributed by atoms with Crippen LogP contribution >= 0.6 is 0 Å². The number of sulfone groups is 1. The van der Waals surface area contributed by atoms with Gasteiger partial charge in [-0.05, 0) is 36.7 Å². The average Bonchev–Trinajstić information content (AvgIpc) is 2.44. The standard InChI is InChI=1S/C15H18N2O3S/c1-11-8-12(5-6-14(11)21(2,19)20)9-17-15(18)13-4-3-7-16-10-13/h3,5-8,10,16H,4,9H2,1-2H3,(H,17,18). The molecular weight excluding hydrogens is 288 g/mol. The second kappa shape index (κ2) is 6.13. The smallest absolute Gasteiger partial charge is 0.249 e. The molecule has 6 heteroatoms. The van der Waals surface area contributed by atoms with Gasteiger partial charge in [-0.2, -0.15) is 0 Å². The molecule has 0 bridgehead atoms. The minimum absolute atomic E-state index is 0.128. The van der Waals surface area contributed by atoms with Gasteiger partial charge in [0, 0.05) is 24.6 Å². The van der Waals surface area contributed by atoms with E-state index in [0.29, 0.717) is 29.0 Å². The second-order valence-electron chi connectivity index (χ2n) is 5.00. The summed E-state index contributed by atoms with van der Waals surface area (Å²) in [4.78, 5) is 12.3. The van der Waals surface area contributed by atoms with Crippen molar-refractivity contribution < 1.29 is 13.2 Å². The molecule has 1 amide bonds. The van der Waals surface area contributed by atoms with Crippen LogP contribution in [0.15, 0.2) is 47.1 Å². The lowest BCUT2D eigenvalue weighted by Crippen LogP contribution is -2.26. The quantitative estimate of drug-likeness (QED) is 0.882. The number of nitrogens with one attached hydrogen (secondary N) is 2. The first kappa shape index (κ1) is 15.3. The van der Waals surface area contributed by atoms with E-state index in [9.17, 15) is 13.2 Å². The topological polar surface area (TPSA) is 75.3 Å². The maximum absolute atomic E-state index is 11.9. The molecule has 1 aliphatic rings. The third-order valence-corrected chi connectivity index (χ3v) is 4.45. The number of allylic oxidation sites excluding steroid dienone is 1. The first-order valence-corrected chi connectivity index (χ1v) is 8.45. The number of aryl methyl sites for hydroxylation is 1. The number of carbonyl (C=O) groups excluding carboxylic acids is 1. The Morgan fingerprint density at radius 2 is 2.14 bits per heavy atom. The first-order chi connectivity index (χ1) is 9.88. The van der Waals surface area contributed by atoms with E-state index in [1.807, 2.05) is 6.08 Å². The van der Waals surface area contributed by atoms with E-state index in [2.05, 4.69) is 10.6 Å². The predicted octanol–water partition coefficient (Wildman–Crippen LogP) is 1.41. The molecule has 1 aliphatic heterocycles. The molecule has 5 nitrogen and oxygen atoms in total. The molecule has 0 radical (unpaired) electrons. The van der Waals surface area contributed by atoms with Gasteiger partial charge in [-0.15, -0.1) is 0 Å².